The lowest BCUT2D eigenvalue weighted by Gasteiger charge is -2.34. The fourth-order valence-electron chi connectivity index (χ4n) is 3.52. The molecule has 2 aromatic rings. The van der Waals surface area contributed by atoms with Gasteiger partial charge in [0.25, 0.3) is 0 Å². The topological polar surface area (TPSA) is 75.7 Å². The number of rotatable bonds is 6. The zero-order chi connectivity index (χ0) is 21.0. The highest BCUT2D eigenvalue weighted by molar-refractivity contribution is 7.89. The standard InChI is InChI=1S/C21H25ClN2O4S/c1-15-6-7-16(22)13-20(15)23-21(25)14-17-5-3-4-12-24(17)29(26,27)19-10-8-18(28-2)9-11-19/h6-11,13,17H,3-5,12,14H2,1-2H3,(H,23,25)/t17-/m1/s1. The molecule has 0 unspecified atom stereocenters. The molecular weight excluding hydrogens is 412 g/mol. The van der Waals surface area contributed by atoms with E-state index in [4.69, 9.17) is 16.3 Å². The van der Waals surface area contributed by atoms with Gasteiger partial charge in [0.1, 0.15) is 5.75 Å². The highest BCUT2D eigenvalue weighted by Crippen LogP contribution is 2.29. The number of carbonyl (C=O) groups is 1. The number of nitrogens with one attached hydrogen (secondary N) is 1. The molecule has 1 heterocycles. The predicted octanol–water partition coefficient (Wildman–Crippen LogP) is 4.23. The molecule has 1 amide bonds. The first-order chi connectivity index (χ1) is 13.8. The van der Waals surface area contributed by atoms with Gasteiger partial charge in [0.05, 0.1) is 12.0 Å². The number of anilines is 1. The summed E-state index contributed by atoms with van der Waals surface area (Å²) in [6.07, 6.45) is 2.42. The van der Waals surface area contributed by atoms with Crippen LogP contribution in [0.2, 0.25) is 5.02 Å². The van der Waals surface area contributed by atoms with Crippen LogP contribution in [-0.2, 0) is 14.8 Å². The first-order valence-corrected chi connectivity index (χ1v) is 11.3. The van der Waals surface area contributed by atoms with Gasteiger partial charge in [0.2, 0.25) is 15.9 Å². The molecule has 1 atom stereocenters. The Bertz CT molecular complexity index is 977. The molecule has 29 heavy (non-hydrogen) atoms. The van der Waals surface area contributed by atoms with Gasteiger partial charge in [0.15, 0.2) is 0 Å². The molecule has 1 aliphatic rings. The molecule has 3 rings (SSSR count). The maximum Gasteiger partial charge on any atom is 0.243 e. The van der Waals surface area contributed by atoms with Crippen LogP contribution >= 0.6 is 11.6 Å². The van der Waals surface area contributed by atoms with Crippen molar-refractivity contribution >= 4 is 33.2 Å². The van der Waals surface area contributed by atoms with Crippen molar-refractivity contribution in [3.8, 4) is 5.75 Å². The van der Waals surface area contributed by atoms with E-state index >= 15 is 0 Å². The van der Waals surface area contributed by atoms with Gasteiger partial charge >= 0.3 is 0 Å². The van der Waals surface area contributed by atoms with Crippen molar-refractivity contribution in [3.05, 3.63) is 53.1 Å². The number of aryl methyl sites for hydroxylation is 1. The summed E-state index contributed by atoms with van der Waals surface area (Å²) in [6, 6.07) is 11.2. The third kappa shape index (κ3) is 5.10. The first-order valence-electron chi connectivity index (χ1n) is 9.53. The monoisotopic (exact) mass is 436 g/mol. The number of benzene rings is 2. The summed E-state index contributed by atoms with van der Waals surface area (Å²) in [7, 11) is -2.16. The van der Waals surface area contributed by atoms with Crippen LogP contribution in [0.1, 0.15) is 31.2 Å². The van der Waals surface area contributed by atoms with E-state index in [0.717, 1.165) is 18.4 Å². The maximum absolute atomic E-state index is 13.2. The summed E-state index contributed by atoms with van der Waals surface area (Å²) < 4.78 is 32.9. The molecule has 0 aliphatic carbocycles. The van der Waals surface area contributed by atoms with Crippen LogP contribution in [-0.4, -0.2) is 38.3 Å². The minimum atomic E-state index is -3.69. The van der Waals surface area contributed by atoms with Crippen LogP contribution in [0.4, 0.5) is 5.69 Å². The molecule has 156 valence electrons. The van der Waals surface area contributed by atoms with Gasteiger partial charge < -0.3 is 10.1 Å². The van der Waals surface area contributed by atoms with Crippen molar-refractivity contribution in [2.45, 2.75) is 43.5 Å². The largest absolute Gasteiger partial charge is 0.497 e. The Balaban J connectivity index is 1.76. The molecule has 0 bridgehead atoms. The van der Waals surface area contributed by atoms with Crippen molar-refractivity contribution in [1.29, 1.82) is 0 Å². The molecule has 0 saturated carbocycles. The van der Waals surface area contributed by atoms with E-state index in [1.54, 1.807) is 24.3 Å². The van der Waals surface area contributed by atoms with Crippen molar-refractivity contribution in [2.75, 3.05) is 19.0 Å². The Morgan fingerprint density at radius 2 is 1.93 bits per heavy atom. The zero-order valence-corrected chi connectivity index (χ0v) is 18.1. The number of methoxy groups -OCH3 is 1. The summed E-state index contributed by atoms with van der Waals surface area (Å²) in [5.74, 6) is 0.368. The number of hydrogen-bond donors (Lipinski definition) is 1. The van der Waals surface area contributed by atoms with Gasteiger partial charge in [0, 0.05) is 29.7 Å². The maximum atomic E-state index is 13.2. The van der Waals surface area contributed by atoms with Gasteiger partial charge in [-0.2, -0.15) is 4.31 Å². The second kappa shape index (κ2) is 9.15. The SMILES string of the molecule is COc1ccc(S(=O)(=O)N2CCCC[C@@H]2CC(=O)Nc2cc(Cl)ccc2C)cc1. The second-order valence-electron chi connectivity index (χ2n) is 7.15. The average molecular weight is 437 g/mol. The summed E-state index contributed by atoms with van der Waals surface area (Å²) in [4.78, 5) is 12.8. The van der Waals surface area contributed by atoms with Gasteiger partial charge in [-0.1, -0.05) is 24.1 Å². The van der Waals surface area contributed by atoms with E-state index < -0.39 is 10.0 Å². The molecule has 1 N–H and O–H groups in total. The van der Waals surface area contributed by atoms with Crippen LogP contribution < -0.4 is 10.1 Å². The van der Waals surface area contributed by atoms with Crippen LogP contribution in [0.5, 0.6) is 5.75 Å². The number of carbonyl (C=O) groups excluding carboxylic acids is 1. The minimum Gasteiger partial charge on any atom is -0.497 e. The number of ether oxygens (including phenoxy) is 1. The Morgan fingerprint density at radius 3 is 2.62 bits per heavy atom. The molecule has 0 radical (unpaired) electrons. The Labute approximate surface area is 176 Å². The van der Waals surface area contributed by atoms with Crippen LogP contribution in [0.15, 0.2) is 47.4 Å². The minimum absolute atomic E-state index is 0.0985. The Hall–Kier alpha value is -2.09. The Morgan fingerprint density at radius 1 is 1.21 bits per heavy atom. The van der Waals surface area contributed by atoms with E-state index in [9.17, 15) is 13.2 Å². The molecule has 1 fully saturated rings. The highest BCUT2D eigenvalue weighted by Gasteiger charge is 2.34. The second-order valence-corrected chi connectivity index (χ2v) is 9.48. The zero-order valence-electron chi connectivity index (χ0n) is 16.5. The molecule has 0 spiro atoms. The summed E-state index contributed by atoms with van der Waals surface area (Å²) in [5.41, 5.74) is 1.54. The summed E-state index contributed by atoms with van der Waals surface area (Å²) in [6.45, 7) is 2.29. The fourth-order valence-corrected chi connectivity index (χ4v) is 5.39. The average Bonchev–Trinajstić information content (AvgIpc) is 2.71. The van der Waals surface area contributed by atoms with E-state index in [-0.39, 0.29) is 23.3 Å². The highest BCUT2D eigenvalue weighted by atomic mass is 35.5. The number of nitrogens with zero attached hydrogens (tertiary/aromatic N) is 1. The molecule has 0 aromatic heterocycles. The van der Waals surface area contributed by atoms with Crippen LogP contribution in [0.3, 0.4) is 0 Å². The van der Waals surface area contributed by atoms with Crippen molar-refractivity contribution in [1.82, 2.24) is 4.31 Å². The molecule has 8 heteroatoms. The quantitative estimate of drug-likeness (QED) is 0.735. The van der Waals surface area contributed by atoms with Gasteiger partial charge in [-0.05, 0) is 61.7 Å². The van der Waals surface area contributed by atoms with Crippen molar-refractivity contribution in [3.63, 3.8) is 0 Å². The molecule has 2 aromatic carbocycles. The van der Waals surface area contributed by atoms with Crippen molar-refractivity contribution in [2.24, 2.45) is 0 Å². The van der Waals surface area contributed by atoms with Crippen LogP contribution in [0.25, 0.3) is 0 Å². The third-order valence-electron chi connectivity index (χ3n) is 5.13. The Kier molecular flexibility index (Phi) is 6.82. The van der Waals surface area contributed by atoms with E-state index in [2.05, 4.69) is 5.32 Å². The number of halogens is 1. The van der Waals surface area contributed by atoms with Crippen molar-refractivity contribution < 1.29 is 17.9 Å². The summed E-state index contributed by atoms with van der Waals surface area (Å²) in [5, 5.41) is 3.40. The fraction of sp³-hybridized carbons (Fsp3) is 0.381. The first kappa shape index (κ1) is 21.6. The normalized spacial score (nSPS) is 17.7. The van der Waals surface area contributed by atoms with Gasteiger partial charge in [-0.15, -0.1) is 0 Å². The van der Waals surface area contributed by atoms with Gasteiger partial charge in [-0.25, -0.2) is 8.42 Å². The smallest absolute Gasteiger partial charge is 0.243 e. The lowest BCUT2D eigenvalue weighted by molar-refractivity contribution is -0.117. The number of sulfonamides is 1. The molecule has 1 aliphatic heterocycles. The third-order valence-corrected chi connectivity index (χ3v) is 7.34. The number of amides is 1. The predicted molar refractivity (Wildman–Crippen MR) is 114 cm³/mol. The van der Waals surface area contributed by atoms with E-state index in [1.807, 2.05) is 13.0 Å². The molecule has 1 saturated heterocycles. The van der Waals surface area contributed by atoms with E-state index in [0.29, 0.717) is 29.4 Å². The summed E-state index contributed by atoms with van der Waals surface area (Å²) >= 11 is 6.02. The lowest BCUT2D eigenvalue weighted by Crippen LogP contribution is -2.45. The van der Waals surface area contributed by atoms with Gasteiger partial charge in [-0.3, -0.25) is 4.79 Å². The number of hydrogen-bond acceptors (Lipinski definition) is 4. The lowest BCUT2D eigenvalue weighted by atomic mass is 10.0. The molecule has 6 nitrogen and oxygen atoms in total. The van der Waals surface area contributed by atoms with Crippen LogP contribution in [0, 0.1) is 6.92 Å². The van der Waals surface area contributed by atoms with E-state index in [1.165, 1.54) is 23.5 Å². The number of piperidine rings is 1. The molecular formula is C21H25ClN2O4S.